The Bertz CT molecular complexity index is 616. The van der Waals surface area contributed by atoms with E-state index in [1.165, 1.54) is 4.88 Å². The minimum absolute atomic E-state index is 0.0813. The number of aryl methyl sites for hydroxylation is 3. The number of anilines is 1. The Kier molecular flexibility index (Phi) is 4.96. The van der Waals surface area contributed by atoms with Gasteiger partial charge in [-0.25, -0.2) is 9.78 Å². The lowest BCUT2D eigenvalue weighted by Gasteiger charge is -2.18. The second-order valence-corrected chi connectivity index (χ2v) is 6.28. The number of likely N-dealkylation sites (N-methyl/N-ethyl adjacent to an activating group) is 1. The number of benzene rings is 1. The average molecular weight is 303 g/mol. The number of carbonyl (C=O) groups excluding carboxylic acids is 1. The molecule has 1 aromatic carbocycles. The van der Waals surface area contributed by atoms with Gasteiger partial charge in [-0.1, -0.05) is 6.07 Å². The summed E-state index contributed by atoms with van der Waals surface area (Å²) in [5, 5.41) is 2.94. The standard InChI is InChI=1S/C16H21N3OS/c1-11-7-12(2)9-14(8-11)18-16(20)19(4)6-5-15-13(3)17-10-21-15/h7-10H,5-6H2,1-4H3,(H,18,20). The summed E-state index contributed by atoms with van der Waals surface area (Å²) in [6.45, 7) is 6.74. The zero-order valence-corrected chi connectivity index (χ0v) is 13.8. The SMILES string of the molecule is Cc1cc(C)cc(NC(=O)N(C)CCc2scnc2C)c1. The Balaban J connectivity index is 1.91. The number of hydrogen-bond donors (Lipinski definition) is 1. The van der Waals surface area contributed by atoms with Crippen LogP contribution >= 0.6 is 11.3 Å². The molecule has 5 heteroatoms. The zero-order chi connectivity index (χ0) is 15.4. The first-order valence-corrected chi connectivity index (χ1v) is 7.83. The first-order valence-electron chi connectivity index (χ1n) is 6.95. The molecule has 0 unspecified atom stereocenters. The van der Waals surface area contributed by atoms with E-state index in [4.69, 9.17) is 0 Å². The van der Waals surface area contributed by atoms with Crippen LogP contribution in [0, 0.1) is 20.8 Å². The second-order valence-electron chi connectivity index (χ2n) is 5.34. The van der Waals surface area contributed by atoms with Crippen LogP contribution in [0.2, 0.25) is 0 Å². The van der Waals surface area contributed by atoms with Crippen LogP contribution in [0.1, 0.15) is 21.7 Å². The quantitative estimate of drug-likeness (QED) is 0.934. The van der Waals surface area contributed by atoms with Crippen LogP contribution < -0.4 is 5.32 Å². The molecular weight excluding hydrogens is 282 g/mol. The van der Waals surface area contributed by atoms with Crippen LogP contribution in [-0.4, -0.2) is 29.5 Å². The molecule has 112 valence electrons. The van der Waals surface area contributed by atoms with Crippen molar-refractivity contribution in [2.45, 2.75) is 27.2 Å². The number of nitrogens with one attached hydrogen (secondary N) is 1. The maximum Gasteiger partial charge on any atom is 0.321 e. The summed E-state index contributed by atoms with van der Waals surface area (Å²) < 4.78 is 0. The summed E-state index contributed by atoms with van der Waals surface area (Å²) in [5.74, 6) is 0. The van der Waals surface area contributed by atoms with Crippen LogP contribution in [0.3, 0.4) is 0 Å². The molecule has 2 amide bonds. The topological polar surface area (TPSA) is 45.2 Å². The van der Waals surface area contributed by atoms with Gasteiger partial charge in [0.25, 0.3) is 0 Å². The lowest BCUT2D eigenvalue weighted by molar-refractivity contribution is 0.223. The largest absolute Gasteiger partial charge is 0.327 e. The van der Waals surface area contributed by atoms with Crippen LogP contribution in [0.4, 0.5) is 10.5 Å². The highest BCUT2D eigenvalue weighted by Crippen LogP contribution is 2.15. The molecule has 2 aromatic rings. The highest BCUT2D eigenvalue weighted by Gasteiger charge is 2.10. The van der Waals surface area contributed by atoms with E-state index in [0.717, 1.165) is 28.9 Å². The number of thiazole rings is 1. The molecular formula is C16H21N3OS. The van der Waals surface area contributed by atoms with Crippen LogP contribution in [0.5, 0.6) is 0 Å². The lowest BCUT2D eigenvalue weighted by atomic mass is 10.1. The third-order valence-electron chi connectivity index (χ3n) is 3.34. The molecule has 1 heterocycles. The van der Waals surface area contributed by atoms with E-state index < -0.39 is 0 Å². The Morgan fingerprint density at radius 2 is 1.90 bits per heavy atom. The van der Waals surface area contributed by atoms with E-state index in [1.54, 1.807) is 16.2 Å². The van der Waals surface area contributed by atoms with Gasteiger partial charge >= 0.3 is 6.03 Å². The molecule has 0 bridgehead atoms. The molecule has 1 aromatic heterocycles. The number of rotatable bonds is 4. The fourth-order valence-corrected chi connectivity index (χ4v) is 2.97. The number of aromatic nitrogens is 1. The van der Waals surface area contributed by atoms with Crippen molar-refractivity contribution in [2.24, 2.45) is 0 Å². The first-order chi connectivity index (χ1) is 9.95. The van der Waals surface area contributed by atoms with Gasteiger partial charge in [0.2, 0.25) is 0 Å². The summed E-state index contributed by atoms with van der Waals surface area (Å²) in [6, 6.07) is 5.96. The van der Waals surface area contributed by atoms with Crippen LogP contribution in [-0.2, 0) is 6.42 Å². The summed E-state index contributed by atoms with van der Waals surface area (Å²) >= 11 is 1.64. The Morgan fingerprint density at radius 3 is 2.48 bits per heavy atom. The van der Waals surface area contributed by atoms with Gasteiger partial charge in [-0.05, 0) is 44.0 Å². The van der Waals surface area contributed by atoms with Crippen molar-refractivity contribution >= 4 is 23.1 Å². The smallest absolute Gasteiger partial charge is 0.321 e. The van der Waals surface area contributed by atoms with Gasteiger partial charge in [-0.15, -0.1) is 11.3 Å². The number of amides is 2. The van der Waals surface area contributed by atoms with Crippen molar-refractivity contribution in [1.29, 1.82) is 0 Å². The molecule has 0 aliphatic carbocycles. The number of carbonyl (C=O) groups is 1. The van der Waals surface area contributed by atoms with Gasteiger partial charge in [0.05, 0.1) is 11.2 Å². The summed E-state index contributed by atoms with van der Waals surface area (Å²) in [6.07, 6.45) is 0.841. The Labute approximate surface area is 129 Å². The monoisotopic (exact) mass is 303 g/mol. The molecule has 2 rings (SSSR count). The van der Waals surface area contributed by atoms with E-state index in [2.05, 4.69) is 16.4 Å². The molecule has 0 spiro atoms. The number of nitrogens with zero attached hydrogens (tertiary/aromatic N) is 2. The predicted octanol–water partition coefficient (Wildman–Crippen LogP) is 3.77. The maximum absolute atomic E-state index is 12.2. The molecule has 4 nitrogen and oxygen atoms in total. The van der Waals surface area contributed by atoms with E-state index in [9.17, 15) is 4.79 Å². The fraction of sp³-hybridized carbons (Fsp3) is 0.375. The van der Waals surface area contributed by atoms with Crippen molar-refractivity contribution in [2.75, 3.05) is 18.9 Å². The lowest BCUT2D eigenvalue weighted by Crippen LogP contribution is -2.33. The van der Waals surface area contributed by atoms with Gasteiger partial charge in [0.1, 0.15) is 0 Å². The van der Waals surface area contributed by atoms with Crippen molar-refractivity contribution in [3.8, 4) is 0 Å². The van der Waals surface area contributed by atoms with E-state index in [-0.39, 0.29) is 6.03 Å². The molecule has 0 radical (unpaired) electrons. The third-order valence-corrected chi connectivity index (χ3v) is 4.33. The van der Waals surface area contributed by atoms with Gasteiger partial charge < -0.3 is 10.2 Å². The second kappa shape index (κ2) is 6.72. The maximum atomic E-state index is 12.2. The van der Waals surface area contributed by atoms with Crippen molar-refractivity contribution in [3.63, 3.8) is 0 Å². The normalized spacial score (nSPS) is 10.5. The van der Waals surface area contributed by atoms with Crippen molar-refractivity contribution in [3.05, 3.63) is 45.4 Å². The molecule has 0 atom stereocenters. The molecule has 0 aliphatic rings. The van der Waals surface area contributed by atoms with Crippen molar-refractivity contribution in [1.82, 2.24) is 9.88 Å². The minimum Gasteiger partial charge on any atom is -0.327 e. The molecule has 0 saturated heterocycles. The fourth-order valence-electron chi connectivity index (χ4n) is 2.20. The van der Waals surface area contributed by atoms with Gasteiger partial charge in [0, 0.05) is 30.6 Å². The summed E-state index contributed by atoms with van der Waals surface area (Å²) in [4.78, 5) is 19.4. The highest BCUT2D eigenvalue weighted by molar-refractivity contribution is 7.09. The van der Waals surface area contributed by atoms with Crippen molar-refractivity contribution < 1.29 is 4.79 Å². The summed E-state index contributed by atoms with van der Waals surface area (Å²) in [7, 11) is 1.81. The number of hydrogen-bond acceptors (Lipinski definition) is 3. The predicted molar refractivity (Wildman–Crippen MR) is 88.1 cm³/mol. The van der Waals surface area contributed by atoms with E-state index in [1.807, 2.05) is 45.5 Å². The average Bonchev–Trinajstić information content (AvgIpc) is 2.80. The van der Waals surface area contributed by atoms with E-state index in [0.29, 0.717) is 6.54 Å². The van der Waals surface area contributed by atoms with Crippen LogP contribution in [0.15, 0.2) is 23.7 Å². The molecule has 0 aliphatic heterocycles. The van der Waals surface area contributed by atoms with Gasteiger partial charge in [-0.2, -0.15) is 0 Å². The first kappa shape index (κ1) is 15.5. The van der Waals surface area contributed by atoms with Gasteiger partial charge in [0.15, 0.2) is 0 Å². The molecule has 1 N–H and O–H groups in total. The molecule has 0 fully saturated rings. The minimum atomic E-state index is -0.0813. The van der Waals surface area contributed by atoms with Crippen LogP contribution in [0.25, 0.3) is 0 Å². The number of urea groups is 1. The third kappa shape index (κ3) is 4.29. The van der Waals surface area contributed by atoms with E-state index >= 15 is 0 Å². The molecule has 0 saturated carbocycles. The Morgan fingerprint density at radius 1 is 1.24 bits per heavy atom. The summed E-state index contributed by atoms with van der Waals surface area (Å²) in [5.41, 5.74) is 6.04. The molecule has 21 heavy (non-hydrogen) atoms. The highest BCUT2D eigenvalue weighted by atomic mass is 32.1. The Hall–Kier alpha value is -1.88. The van der Waals surface area contributed by atoms with Gasteiger partial charge in [-0.3, -0.25) is 0 Å². The zero-order valence-electron chi connectivity index (χ0n) is 12.9.